The Labute approximate surface area is 172 Å². The summed E-state index contributed by atoms with van der Waals surface area (Å²) < 4.78 is 39.7. The lowest BCUT2D eigenvalue weighted by Crippen LogP contribution is -2.38. The van der Waals surface area contributed by atoms with Crippen molar-refractivity contribution in [2.75, 3.05) is 16.4 Å². The van der Waals surface area contributed by atoms with Crippen LogP contribution in [0.1, 0.15) is 16.7 Å². The number of nitrogens with zero attached hydrogens (tertiary/aromatic N) is 2. The molecule has 8 heteroatoms. The van der Waals surface area contributed by atoms with Crippen LogP contribution in [0.4, 0.5) is 14.9 Å². The molecule has 2 aliphatic heterocycles. The summed E-state index contributed by atoms with van der Waals surface area (Å²) in [6, 6.07) is 9.24. The molecule has 28 heavy (non-hydrogen) atoms. The number of carbonyl (C=O) groups is 1. The summed E-state index contributed by atoms with van der Waals surface area (Å²) in [5.74, 6) is -0.594. The molecule has 2 heterocycles. The van der Waals surface area contributed by atoms with Gasteiger partial charge in [-0.1, -0.05) is 34.1 Å². The third-order valence-corrected chi connectivity index (χ3v) is 7.65. The fourth-order valence-electron chi connectivity index (χ4n) is 4.06. The highest BCUT2D eigenvalue weighted by molar-refractivity contribution is 9.10. The predicted octanol–water partition coefficient (Wildman–Crippen LogP) is 3.81. The minimum Gasteiger partial charge on any atom is -0.314 e. The van der Waals surface area contributed by atoms with Gasteiger partial charge >= 0.3 is 6.03 Å². The molecule has 2 amide bonds. The first-order valence-electron chi connectivity index (χ1n) is 8.98. The highest BCUT2D eigenvalue weighted by atomic mass is 79.9. The molecule has 2 saturated heterocycles. The van der Waals surface area contributed by atoms with Gasteiger partial charge in [0.15, 0.2) is 9.84 Å². The van der Waals surface area contributed by atoms with Crippen LogP contribution in [0.2, 0.25) is 0 Å². The largest absolute Gasteiger partial charge is 0.325 e. The van der Waals surface area contributed by atoms with Gasteiger partial charge < -0.3 is 4.90 Å². The molecule has 0 aromatic heterocycles. The summed E-state index contributed by atoms with van der Waals surface area (Å²) in [4.78, 5) is 16.4. The highest BCUT2D eigenvalue weighted by Crippen LogP contribution is 2.37. The highest BCUT2D eigenvalue weighted by Gasteiger charge is 2.54. The van der Waals surface area contributed by atoms with Gasteiger partial charge in [0.05, 0.1) is 30.1 Å². The fraction of sp³-hybridized carbons (Fsp3) is 0.350. The van der Waals surface area contributed by atoms with Crippen LogP contribution in [0.25, 0.3) is 0 Å². The number of urea groups is 1. The summed E-state index contributed by atoms with van der Waals surface area (Å²) >= 11 is 3.23. The molecule has 5 nitrogen and oxygen atoms in total. The summed E-state index contributed by atoms with van der Waals surface area (Å²) in [6.45, 7) is 3.87. The number of fused-ring (bicyclic) bond motifs is 1. The molecule has 2 atom stereocenters. The Morgan fingerprint density at radius 1 is 1.11 bits per heavy atom. The third kappa shape index (κ3) is 3.33. The Hall–Kier alpha value is -1.93. The molecule has 0 bridgehead atoms. The first-order valence-corrected chi connectivity index (χ1v) is 11.6. The number of anilines is 1. The second-order valence-electron chi connectivity index (χ2n) is 7.52. The number of halogens is 2. The molecule has 4 rings (SSSR count). The Bertz CT molecular complexity index is 1070. The molecule has 2 aromatic carbocycles. The third-order valence-electron chi connectivity index (χ3n) is 5.46. The van der Waals surface area contributed by atoms with Gasteiger partial charge in [0, 0.05) is 15.7 Å². The van der Waals surface area contributed by atoms with Crippen molar-refractivity contribution in [3.05, 3.63) is 63.4 Å². The van der Waals surface area contributed by atoms with E-state index in [1.165, 1.54) is 11.0 Å². The van der Waals surface area contributed by atoms with Gasteiger partial charge in [0.25, 0.3) is 0 Å². The van der Waals surface area contributed by atoms with E-state index in [0.717, 1.165) is 16.8 Å². The summed E-state index contributed by atoms with van der Waals surface area (Å²) in [5, 5.41) is 0. The van der Waals surface area contributed by atoms with Gasteiger partial charge in [-0.15, -0.1) is 0 Å². The standard InChI is InChI=1S/C20H20BrFN2O3S/c1-12-3-4-13(2)17(7-12)24-19-11-28(26,27)10-18(19)23(20(24)25)9-14-5-6-15(21)8-16(14)22/h3-8,18-19H,9-11H2,1-2H3. The summed E-state index contributed by atoms with van der Waals surface area (Å²) in [5.41, 5.74) is 2.97. The maximum atomic E-state index is 14.4. The molecule has 0 N–H and O–H groups in total. The van der Waals surface area contributed by atoms with Gasteiger partial charge in [-0.3, -0.25) is 4.90 Å². The molecule has 0 radical (unpaired) electrons. The number of aryl methyl sites for hydroxylation is 2. The van der Waals surface area contributed by atoms with Crippen molar-refractivity contribution in [1.82, 2.24) is 4.90 Å². The number of amides is 2. The van der Waals surface area contributed by atoms with Gasteiger partial charge in [0.1, 0.15) is 5.82 Å². The first-order chi connectivity index (χ1) is 13.2. The first kappa shape index (κ1) is 19.4. The number of benzene rings is 2. The Morgan fingerprint density at radius 3 is 2.54 bits per heavy atom. The van der Waals surface area contributed by atoms with E-state index >= 15 is 0 Å². The van der Waals surface area contributed by atoms with Crippen LogP contribution in [0.15, 0.2) is 40.9 Å². The van der Waals surface area contributed by atoms with Crippen molar-refractivity contribution in [3.8, 4) is 0 Å². The second kappa shape index (κ2) is 6.84. The van der Waals surface area contributed by atoms with Crippen LogP contribution in [-0.4, -0.2) is 42.9 Å². The van der Waals surface area contributed by atoms with Crippen molar-refractivity contribution >= 4 is 37.5 Å². The Kier molecular flexibility index (Phi) is 4.74. The summed E-state index contributed by atoms with van der Waals surface area (Å²) in [6.07, 6.45) is 0. The zero-order valence-electron chi connectivity index (χ0n) is 15.5. The van der Waals surface area contributed by atoms with Crippen LogP contribution in [-0.2, 0) is 16.4 Å². The lowest BCUT2D eigenvalue weighted by Gasteiger charge is -2.24. The minimum atomic E-state index is -3.27. The minimum absolute atomic E-state index is 0.0377. The van der Waals surface area contributed by atoms with Crippen molar-refractivity contribution in [2.45, 2.75) is 32.5 Å². The maximum Gasteiger partial charge on any atom is 0.325 e. The van der Waals surface area contributed by atoms with E-state index in [1.807, 2.05) is 32.0 Å². The summed E-state index contributed by atoms with van der Waals surface area (Å²) in [7, 11) is -3.27. The lowest BCUT2D eigenvalue weighted by atomic mass is 10.1. The molecule has 2 aliphatic rings. The lowest BCUT2D eigenvalue weighted by molar-refractivity contribution is 0.205. The molecule has 2 fully saturated rings. The molecule has 2 unspecified atom stereocenters. The number of rotatable bonds is 3. The normalized spacial score (nSPS) is 23.4. The smallest absolute Gasteiger partial charge is 0.314 e. The van der Waals surface area contributed by atoms with E-state index in [4.69, 9.17) is 0 Å². The van der Waals surface area contributed by atoms with Gasteiger partial charge in [-0.2, -0.15) is 0 Å². The average Bonchev–Trinajstić information content (AvgIpc) is 3.03. The van der Waals surface area contributed by atoms with E-state index < -0.39 is 27.7 Å². The zero-order chi connectivity index (χ0) is 20.2. The van der Waals surface area contributed by atoms with E-state index in [0.29, 0.717) is 10.0 Å². The van der Waals surface area contributed by atoms with E-state index in [1.54, 1.807) is 17.0 Å². The molecular formula is C20H20BrFN2O3S. The Balaban J connectivity index is 1.75. The van der Waals surface area contributed by atoms with Crippen molar-refractivity contribution in [2.24, 2.45) is 0 Å². The molecule has 2 aromatic rings. The number of hydrogen-bond donors (Lipinski definition) is 0. The SMILES string of the molecule is Cc1ccc(C)c(N2C(=O)N(Cc3ccc(Br)cc3F)C3CS(=O)(=O)CC32)c1. The second-order valence-corrected chi connectivity index (χ2v) is 10.6. The van der Waals surface area contributed by atoms with Crippen LogP contribution in [0.5, 0.6) is 0 Å². The van der Waals surface area contributed by atoms with Crippen LogP contribution < -0.4 is 4.90 Å². The Morgan fingerprint density at radius 2 is 1.82 bits per heavy atom. The maximum absolute atomic E-state index is 14.4. The van der Waals surface area contributed by atoms with Gasteiger partial charge in [-0.25, -0.2) is 17.6 Å². The number of sulfone groups is 1. The zero-order valence-corrected chi connectivity index (χ0v) is 17.9. The fourth-order valence-corrected chi connectivity index (χ4v) is 6.34. The molecule has 0 spiro atoms. The predicted molar refractivity (Wildman–Crippen MR) is 110 cm³/mol. The number of carbonyl (C=O) groups excluding carboxylic acids is 1. The molecular weight excluding hydrogens is 447 g/mol. The van der Waals surface area contributed by atoms with Crippen molar-refractivity contribution in [1.29, 1.82) is 0 Å². The van der Waals surface area contributed by atoms with E-state index in [-0.39, 0.29) is 24.1 Å². The van der Waals surface area contributed by atoms with Crippen molar-refractivity contribution in [3.63, 3.8) is 0 Å². The molecule has 0 aliphatic carbocycles. The van der Waals surface area contributed by atoms with Crippen LogP contribution in [0, 0.1) is 19.7 Å². The van der Waals surface area contributed by atoms with Gasteiger partial charge in [-0.05, 0) is 43.2 Å². The van der Waals surface area contributed by atoms with Crippen molar-refractivity contribution < 1.29 is 17.6 Å². The van der Waals surface area contributed by atoms with E-state index in [9.17, 15) is 17.6 Å². The monoisotopic (exact) mass is 466 g/mol. The van der Waals surface area contributed by atoms with E-state index in [2.05, 4.69) is 15.9 Å². The van der Waals surface area contributed by atoms with Crippen LogP contribution in [0.3, 0.4) is 0 Å². The molecule has 0 saturated carbocycles. The molecule has 148 valence electrons. The number of hydrogen-bond acceptors (Lipinski definition) is 3. The van der Waals surface area contributed by atoms with Crippen LogP contribution >= 0.6 is 15.9 Å². The van der Waals surface area contributed by atoms with Gasteiger partial charge in [0.2, 0.25) is 0 Å². The average molecular weight is 467 g/mol. The topological polar surface area (TPSA) is 57.7 Å². The quantitative estimate of drug-likeness (QED) is 0.646.